The van der Waals surface area contributed by atoms with E-state index in [9.17, 15) is 4.79 Å². The lowest BCUT2D eigenvalue weighted by Crippen LogP contribution is -2.44. The minimum atomic E-state index is -0.383. The summed E-state index contributed by atoms with van der Waals surface area (Å²) in [7, 11) is 0. The number of ether oxygens (including phenoxy) is 1. The topological polar surface area (TPSA) is 38.3 Å². The molecule has 2 rings (SSSR count). The molecule has 0 radical (unpaired) electrons. The van der Waals surface area contributed by atoms with Crippen LogP contribution < -0.4 is 10.1 Å². The van der Waals surface area contributed by atoms with Gasteiger partial charge in [0, 0.05) is 17.4 Å². The van der Waals surface area contributed by atoms with Crippen LogP contribution in [0.3, 0.4) is 0 Å². The molecule has 0 fully saturated rings. The molecular formula is C17H25NO2. The normalized spacial score (nSPS) is 20.8. The standard InChI is InChI=1S/C17H25NO2/c1-11-7-8-14-12(9-11)13(10-17(5,6)20-14)18-15(19)16(2,3)4/h7-9,13H,10H2,1-6H3,(H,18,19)/t13-/m1/s1. The molecule has 3 nitrogen and oxygen atoms in total. The Hall–Kier alpha value is -1.51. The lowest BCUT2D eigenvalue weighted by molar-refractivity contribution is -0.129. The van der Waals surface area contributed by atoms with Gasteiger partial charge < -0.3 is 10.1 Å². The molecule has 1 amide bonds. The molecule has 0 spiro atoms. The van der Waals surface area contributed by atoms with Gasteiger partial charge in [0.2, 0.25) is 5.91 Å². The van der Waals surface area contributed by atoms with E-state index in [-0.39, 0.29) is 23.0 Å². The Morgan fingerprint density at radius 2 is 2.00 bits per heavy atom. The van der Waals surface area contributed by atoms with Gasteiger partial charge in [-0.05, 0) is 26.8 Å². The quantitative estimate of drug-likeness (QED) is 0.847. The summed E-state index contributed by atoms with van der Waals surface area (Å²) < 4.78 is 6.02. The molecule has 0 unspecified atom stereocenters. The average molecular weight is 275 g/mol. The zero-order chi connectivity index (χ0) is 15.1. The molecule has 1 atom stereocenters. The van der Waals surface area contributed by atoms with Gasteiger partial charge in [0.25, 0.3) is 0 Å². The predicted octanol–water partition coefficient (Wildman–Crippen LogP) is 3.76. The maximum absolute atomic E-state index is 12.3. The third kappa shape index (κ3) is 3.14. The molecule has 3 heteroatoms. The van der Waals surface area contributed by atoms with Gasteiger partial charge in [-0.1, -0.05) is 38.5 Å². The van der Waals surface area contributed by atoms with Gasteiger partial charge in [-0.15, -0.1) is 0 Å². The van der Waals surface area contributed by atoms with Crippen molar-refractivity contribution in [3.05, 3.63) is 29.3 Å². The fourth-order valence-electron chi connectivity index (χ4n) is 2.48. The Labute approximate surface area is 121 Å². The van der Waals surface area contributed by atoms with Gasteiger partial charge in [0.15, 0.2) is 0 Å². The summed E-state index contributed by atoms with van der Waals surface area (Å²) in [5.41, 5.74) is 1.62. The number of hydrogen-bond donors (Lipinski definition) is 1. The molecule has 1 N–H and O–H groups in total. The van der Waals surface area contributed by atoms with E-state index < -0.39 is 0 Å². The van der Waals surface area contributed by atoms with Crippen molar-refractivity contribution in [3.63, 3.8) is 0 Å². The first-order valence-electron chi connectivity index (χ1n) is 7.19. The summed E-state index contributed by atoms with van der Waals surface area (Å²) in [6.45, 7) is 12.0. The molecule has 0 bridgehead atoms. The predicted molar refractivity (Wildman–Crippen MR) is 80.8 cm³/mol. The fourth-order valence-corrected chi connectivity index (χ4v) is 2.48. The van der Waals surface area contributed by atoms with Crippen LogP contribution in [0.25, 0.3) is 0 Å². The highest BCUT2D eigenvalue weighted by atomic mass is 16.5. The van der Waals surface area contributed by atoms with Crippen molar-refractivity contribution in [2.45, 2.75) is 59.6 Å². The van der Waals surface area contributed by atoms with Crippen LogP contribution in [0.4, 0.5) is 0 Å². The Bertz CT molecular complexity index is 526. The Morgan fingerprint density at radius 3 is 2.60 bits per heavy atom. The maximum Gasteiger partial charge on any atom is 0.225 e. The highest BCUT2D eigenvalue weighted by Gasteiger charge is 2.36. The van der Waals surface area contributed by atoms with Crippen LogP contribution in [0.1, 0.15) is 58.2 Å². The van der Waals surface area contributed by atoms with Crippen LogP contribution in [-0.2, 0) is 4.79 Å². The Kier molecular flexibility index (Phi) is 3.57. The van der Waals surface area contributed by atoms with Crippen molar-refractivity contribution in [2.75, 3.05) is 0 Å². The monoisotopic (exact) mass is 275 g/mol. The van der Waals surface area contributed by atoms with Crippen molar-refractivity contribution < 1.29 is 9.53 Å². The SMILES string of the molecule is Cc1ccc2c(c1)[C@H](NC(=O)C(C)(C)C)CC(C)(C)O2. The molecule has 1 aliphatic heterocycles. The smallest absolute Gasteiger partial charge is 0.225 e. The minimum Gasteiger partial charge on any atom is -0.487 e. The zero-order valence-corrected chi connectivity index (χ0v) is 13.3. The van der Waals surface area contributed by atoms with E-state index in [1.165, 1.54) is 5.56 Å². The number of fused-ring (bicyclic) bond motifs is 1. The first-order valence-corrected chi connectivity index (χ1v) is 7.19. The highest BCUT2D eigenvalue weighted by molar-refractivity contribution is 5.82. The number of amides is 1. The largest absolute Gasteiger partial charge is 0.487 e. The number of carbonyl (C=O) groups is 1. The molecular weight excluding hydrogens is 250 g/mol. The Morgan fingerprint density at radius 1 is 1.35 bits per heavy atom. The van der Waals surface area contributed by atoms with E-state index in [4.69, 9.17) is 4.74 Å². The molecule has 0 aliphatic carbocycles. The van der Waals surface area contributed by atoms with Crippen molar-refractivity contribution in [1.82, 2.24) is 5.32 Å². The van der Waals surface area contributed by atoms with E-state index in [1.807, 2.05) is 32.9 Å². The molecule has 1 aliphatic rings. The van der Waals surface area contributed by atoms with E-state index in [2.05, 4.69) is 32.2 Å². The highest BCUT2D eigenvalue weighted by Crippen LogP contribution is 2.40. The van der Waals surface area contributed by atoms with Crippen LogP contribution in [-0.4, -0.2) is 11.5 Å². The summed E-state index contributed by atoms with van der Waals surface area (Å²) in [4.78, 5) is 12.3. The third-order valence-electron chi connectivity index (χ3n) is 3.61. The first-order chi connectivity index (χ1) is 9.08. The molecule has 110 valence electrons. The molecule has 20 heavy (non-hydrogen) atoms. The van der Waals surface area contributed by atoms with Gasteiger partial charge in [-0.2, -0.15) is 0 Å². The van der Waals surface area contributed by atoms with Crippen LogP contribution >= 0.6 is 0 Å². The number of nitrogens with one attached hydrogen (secondary N) is 1. The second-order valence-corrected chi connectivity index (χ2v) is 7.38. The van der Waals surface area contributed by atoms with Crippen molar-refractivity contribution in [2.24, 2.45) is 5.41 Å². The van der Waals surface area contributed by atoms with Gasteiger partial charge in [-0.25, -0.2) is 0 Å². The van der Waals surface area contributed by atoms with E-state index in [0.29, 0.717) is 0 Å². The van der Waals surface area contributed by atoms with Gasteiger partial charge in [0.05, 0.1) is 6.04 Å². The van der Waals surface area contributed by atoms with E-state index >= 15 is 0 Å². The van der Waals surface area contributed by atoms with Crippen LogP contribution in [0, 0.1) is 12.3 Å². The number of carbonyl (C=O) groups excluding carboxylic acids is 1. The van der Waals surface area contributed by atoms with E-state index in [1.54, 1.807) is 0 Å². The van der Waals surface area contributed by atoms with Crippen LogP contribution in [0.5, 0.6) is 5.75 Å². The Balaban J connectivity index is 2.34. The number of aryl methyl sites for hydroxylation is 1. The van der Waals surface area contributed by atoms with Crippen LogP contribution in [0.2, 0.25) is 0 Å². The molecule has 1 aromatic carbocycles. The van der Waals surface area contributed by atoms with Crippen molar-refractivity contribution in [1.29, 1.82) is 0 Å². The second-order valence-electron chi connectivity index (χ2n) is 7.38. The fraction of sp³-hybridized carbons (Fsp3) is 0.588. The number of benzene rings is 1. The van der Waals surface area contributed by atoms with E-state index in [0.717, 1.165) is 17.7 Å². The van der Waals surface area contributed by atoms with Crippen LogP contribution in [0.15, 0.2) is 18.2 Å². The van der Waals surface area contributed by atoms with Crippen molar-refractivity contribution in [3.8, 4) is 5.75 Å². The summed E-state index contributed by atoms with van der Waals surface area (Å²) in [6, 6.07) is 6.17. The lowest BCUT2D eigenvalue weighted by Gasteiger charge is -2.39. The van der Waals surface area contributed by atoms with Crippen molar-refractivity contribution >= 4 is 5.91 Å². The molecule has 1 aromatic rings. The molecule has 0 saturated heterocycles. The number of rotatable bonds is 1. The van der Waals surface area contributed by atoms with Gasteiger partial charge in [0.1, 0.15) is 11.4 Å². The van der Waals surface area contributed by atoms with Gasteiger partial charge in [-0.3, -0.25) is 4.79 Å². The molecule has 0 saturated carbocycles. The second kappa shape index (κ2) is 4.80. The minimum absolute atomic E-state index is 0.0142. The third-order valence-corrected chi connectivity index (χ3v) is 3.61. The average Bonchev–Trinajstić information content (AvgIpc) is 2.27. The van der Waals surface area contributed by atoms with Gasteiger partial charge >= 0.3 is 0 Å². The maximum atomic E-state index is 12.3. The first kappa shape index (κ1) is 14.9. The molecule has 0 aromatic heterocycles. The lowest BCUT2D eigenvalue weighted by atomic mass is 9.87. The summed E-state index contributed by atoms with van der Waals surface area (Å²) in [5.74, 6) is 0.957. The summed E-state index contributed by atoms with van der Waals surface area (Å²) in [5, 5.41) is 3.18. The molecule has 1 heterocycles. The zero-order valence-electron chi connectivity index (χ0n) is 13.3. The summed E-state index contributed by atoms with van der Waals surface area (Å²) in [6.07, 6.45) is 0.783. The number of hydrogen-bond acceptors (Lipinski definition) is 2. The summed E-state index contributed by atoms with van der Waals surface area (Å²) >= 11 is 0.